The predicted octanol–water partition coefficient (Wildman–Crippen LogP) is 2.03. The third-order valence-electron chi connectivity index (χ3n) is 5.88. The summed E-state index contributed by atoms with van der Waals surface area (Å²) in [6.45, 7) is 0. The topological polar surface area (TPSA) is 131 Å². The van der Waals surface area contributed by atoms with Gasteiger partial charge in [-0.1, -0.05) is 36.8 Å². The second kappa shape index (κ2) is 8.30. The number of oxazole rings is 1. The van der Waals surface area contributed by atoms with Gasteiger partial charge in [-0.05, 0) is 41.7 Å². The Kier molecular flexibility index (Phi) is 5.71. The zero-order chi connectivity index (χ0) is 22.2. The Morgan fingerprint density at radius 3 is 2.58 bits per heavy atom. The average molecular weight is 441 g/mol. The van der Waals surface area contributed by atoms with Crippen molar-refractivity contribution in [3.8, 4) is 17.2 Å². The van der Waals surface area contributed by atoms with E-state index in [-0.39, 0.29) is 12.5 Å². The number of sulfonamides is 1. The van der Waals surface area contributed by atoms with E-state index in [1.807, 2.05) is 42.5 Å². The summed E-state index contributed by atoms with van der Waals surface area (Å²) in [6.07, 6.45) is 2.25. The molecule has 0 saturated heterocycles. The molecule has 2 unspecified atom stereocenters. The summed E-state index contributed by atoms with van der Waals surface area (Å²) < 4.78 is 34.3. The molecule has 0 radical (unpaired) electrons. The van der Waals surface area contributed by atoms with Gasteiger partial charge in [0.15, 0.2) is 5.58 Å². The summed E-state index contributed by atoms with van der Waals surface area (Å²) in [6, 6.07) is 13.9. The van der Waals surface area contributed by atoms with Crippen molar-refractivity contribution in [3.63, 3.8) is 0 Å². The minimum absolute atomic E-state index is 0.257. The summed E-state index contributed by atoms with van der Waals surface area (Å²) in [5.41, 5.74) is 9.85. The maximum atomic E-state index is 12.6. The lowest BCUT2D eigenvalue weighted by Crippen LogP contribution is -2.46. The zero-order valence-electron chi connectivity index (χ0n) is 17.1. The minimum Gasteiger partial charge on any atom is -0.408 e. The van der Waals surface area contributed by atoms with Gasteiger partial charge in [0.25, 0.3) is 0 Å². The molecule has 3 N–H and O–H groups in total. The maximum absolute atomic E-state index is 12.6. The van der Waals surface area contributed by atoms with Crippen LogP contribution in [0.4, 0.5) is 0 Å². The first-order chi connectivity index (χ1) is 14.8. The molecule has 0 amide bonds. The van der Waals surface area contributed by atoms with E-state index in [1.165, 1.54) is 4.57 Å². The van der Waals surface area contributed by atoms with E-state index in [1.54, 1.807) is 13.1 Å². The second-order valence-electron chi connectivity index (χ2n) is 7.99. The Morgan fingerprint density at radius 1 is 1.23 bits per heavy atom. The lowest BCUT2D eigenvalue weighted by atomic mass is 10.0. The van der Waals surface area contributed by atoms with Crippen molar-refractivity contribution in [2.24, 2.45) is 12.8 Å². The first-order valence-electron chi connectivity index (χ1n) is 10.1. The third-order valence-corrected chi connectivity index (χ3v) is 7.88. The van der Waals surface area contributed by atoms with Crippen LogP contribution in [-0.4, -0.2) is 30.3 Å². The van der Waals surface area contributed by atoms with Crippen molar-refractivity contribution >= 4 is 21.1 Å². The second-order valence-corrected chi connectivity index (χ2v) is 9.92. The molecule has 8 nitrogen and oxygen atoms in total. The van der Waals surface area contributed by atoms with Gasteiger partial charge in [-0.3, -0.25) is 4.57 Å². The molecule has 9 heteroatoms. The largest absolute Gasteiger partial charge is 0.419 e. The molecule has 1 aliphatic carbocycles. The lowest BCUT2D eigenvalue weighted by molar-refractivity contribution is 0.528. The summed E-state index contributed by atoms with van der Waals surface area (Å²) in [4.78, 5) is 11.7. The van der Waals surface area contributed by atoms with Crippen LogP contribution in [0.3, 0.4) is 0 Å². The van der Waals surface area contributed by atoms with Gasteiger partial charge < -0.3 is 10.2 Å². The van der Waals surface area contributed by atoms with Crippen molar-refractivity contribution in [2.75, 3.05) is 0 Å². The monoisotopic (exact) mass is 440 g/mol. The van der Waals surface area contributed by atoms with E-state index in [2.05, 4.69) is 4.72 Å². The van der Waals surface area contributed by atoms with Crippen LogP contribution in [0.2, 0.25) is 0 Å². The highest BCUT2D eigenvalue weighted by molar-refractivity contribution is 7.90. The number of rotatable bonds is 6. The molecule has 3 aromatic rings. The van der Waals surface area contributed by atoms with Gasteiger partial charge >= 0.3 is 5.76 Å². The van der Waals surface area contributed by atoms with Gasteiger partial charge in [0.1, 0.15) is 6.04 Å². The minimum atomic E-state index is -3.65. The molecule has 1 aliphatic rings. The van der Waals surface area contributed by atoms with Gasteiger partial charge in [-0.2, -0.15) is 9.98 Å². The highest BCUT2D eigenvalue weighted by Gasteiger charge is 2.36. The number of benzene rings is 2. The predicted molar refractivity (Wildman–Crippen MR) is 118 cm³/mol. The van der Waals surface area contributed by atoms with Crippen molar-refractivity contribution in [1.82, 2.24) is 9.29 Å². The highest BCUT2D eigenvalue weighted by atomic mass is 32.2. The number of nitrogens with zero attached hydrogens (tertiary/aromatic N) is 2. The molecular weight excluding hydrogens is 416 g/mol. The number of nitrogens with two attached hydrogens (primary N) is 1. The van der Waals surface area contributed by atoms with E-state index in [4.69, 9.17) is 10.2 Å². The van der Waals surface area contributed by atoms with Gasteiger partial charge in [0.2, 0.25) is 10.0 Å². The van der Waals surface area contributed by atoms with E-state index in [9.17, 15) is 18.5 Å². The maximum Gasteiger partial charge on any atom is 0.419 e. The summed E-state index contributed by atoms with van der Waals surface area (Å²) in [7, 11) is -1.99. The molecule has 162 valence electrons. The third kappa shape index (κ3) is 4.28. The number of nitrogens with one attached hydrogen (secondary N) is 1. The smallest absolute Gasteiger partial charge is 0.408 e. The van der Waals surface area contributed by atoms with E-state index in [0.717, 1.165) is 23.1 Å². The molecule has 2 aromatic carbocycles. The molecule has 0 spiro atoms. The van der Waals surface area contributed by atoms with Crippen LogP contribution in [0.1, 0.15) is 24.8 Å². The van der Waals surface area contributed by atoms with Crippen LogP contribution in [0.25, 0.3) is 22.2 Å². The van der Waals surface area contributed by atoms with Gasteiger partial charge in [-0.25, -0.2) is 13.2 Å². The van der Waals surface area contributed by atoms with E-state index < -0.39 is 27.1 Å². The van der Waals surface area contributed by atoms with Gasteiger partial charge in [-0.15, -0.1) is 0 Å². The van der Waals surface area contributed by atoms with Gasteiger partial charge in [0, 0.05) is 19.5 Å². The number of hydrogen-bond donors (Lipinski definition) is 2. The normalized spacial score (nSPS) is 20.0. The van der Waals surface area contributed by atoms with Crippen LogP contribution in [0.15, 0.2) is 51.7 Å². The van der Waals surface area contributed by atoms with Gasteiger partial charge in [0.05, 0.1) is 16.8 Å². The Labute approximate surface area is 180 Å². The molecule has 0 bridgehead atoms. The number of aryl methyl sites for hydroxylation is 1. The first-order valence-corrected chi connectivity index (χ1v) is 11.7. The lowest BCUT2D eigenvalue weighted by Gasteiger charge is -2.19. The molecular formula is C22H24N4O4S. The molecule has 31 heavy (non-hydrogen) atoms. The molecule has 1 fully saturated rings. The Balaban J connectivity index is 1.49. The van der Waals surface area contributed by atoms with Crippen LogP contribution in [0.5, 0.6) is 0 Å². The standard InChI is InChI=1S/C22H24N4O4S/c1-26-19-12-16(9-10-20(19)30-22(26)27)15-7-5-14(6-8-15)11-17(13-23)25-31(28,29)21-4-2-3-18(21)24/h5-10,12,17-18,21,25H,2-4,11,24H2,1H3/t17-,18?,21?/m0/s1. The fourth-order valence-corrected chi connectivity index (χ4v) is 5.90. The quantitative estimate of drug-likeness (QED) is 0.603. The first kappa shape index (κ1) is 21.3. The highest BCUT2D eigenvalue weighted by Crippen LogP contribution is 2.26. The zero-order valence-corrected chi connectivity index (χ0v) is 17.9. The Bertz CT molecular complexity index is 1300. The van der Waals surface area contributed by atoms with Crippen molar-refractivity contribution in [3.05, 3.63) is 58.6 Å². The Morgan fingerprint density at radius 2 is 1.94 bits per heavy atom. The fraction of sp³-hybridized carbons (Fsp3) is 0.364. The van der Waals surface area contributed by atoms with Crippen molar-refractivity contribution in [1.29, 1.82) is 5.26 Å². The number of aromatic nitrogens is 1. The van der Waals surface area contributed by atoms with Crippen LogP contribution < -0.4 is 16.2 Å². The van der Waals surface area contributed by atoms with Crippen molar-refractivity contribution in [2.45, 2.75) is 43.0 Å². The molecule has 1 heterocycles. The molecule has 4 rings (SSSR count). The van der Waals surface area contributed by atoms with Crippen LogP contribution in [0, 0.1) is 11.3 Å². The molecule has 1 saturated carbocycles. The number of hydrogen-bond acceptors (Lipinski definition) is 6. The van der Waals surface area contributed by atoms with Crippen LogP contribution in [-0.2, 0) is 23.5 Å². The summed E-state index contributed by atoms with van der Waals surface area (Å²) in [5, 5.41) is 8.84. The SMILES string of the molecule is Cn1c(=O)oc2ccc(-c3ccc(C[C@@H](C#N)NS(=O)(=O)C4CCCC4N)cc3)cc21. The Hall–Kier alpha value is -2.93. The van der Waals surface area contributed by atoms with E-state index >= 15 is 0 Å². The molecule has 1 aromatic heterocycles. The molecule has 0 aliphatic heterocycles. The summed E-state index contributed by atoms with van der Waals surface area (Å²) in [5.74, 6) is -0.411. The van der Waals surface area contributed by atoms with Crippen molar-refractivity contribution < 1.29 is 12.8 Å². The summed E-state index contributed by atoms with van der Waals surface area (Å²) >= 11 is 0. The fourth-order valence-electron chi connectivity index (χ4n) is 4.11. The molecule has 3 atom stereocenters. The average Bonchev–Trinajstić information content (AvgIpc) is 3.31. The number of nitriles is 1. The van der Waals surface area contributed by atoms with Crippen LogP contribution >= 0.6 is 0 Å². The number of fused-ring (bicyclic) bond motifs is 1. The van der Waals surface area contributed by atoms with E-state index in [0.29, 0.717) is 23.9 Å².